The first kappa shape index (κ1) is 19.0. The van der Waals surface area contributed by atoms with Gasteiger partial charge >= 0.3 is 0 Å². The summed E-state index contributed by atoms with van der Waals surface area (Å²) in [6, 6.07) is 22.8. The maximum Gasteiger partial charge on any atom is 0.214 e. The quantitative estimate of drug-likeness (QED) is 0.311. The zero-order valence-corrected chi connectivity index (χ0v) is 16.3. The largest absolute Gasteiger partial charge is 0.489 e. The monoisotopic (exact) mass is 406 g/mol. The lowest BCUT2D eigenvalue weighted by Crippen LogP contribution is -2.15. The number of aromatic amines is 1. The van der Waals surface area contributed by atoms with Crippen LogP contribution in [0.25, 0.3) is 10.9 Å². The summed E-state index contributed by atoms with van der Waals surface area (Å²) >= 11 is 5.94. The third kappa shape index (κ3) is 4.25. The molecule has 4 aromatic rings. The number of benzene rings is 3. The fraction of sp³-hybridized carbons (Fsp3) is 0.130. The van der Waals surface area contributed by atoms with E-state index in [1.807, 2.05) is 79.0 Å². The number of H-pyrrole nitrogens is 1. The molecule has 3 aromatic carbocycles. The number of para-hydroxylation sites is 2. The van der Waals surface area contributed by atoms with Crippen molar-refractivity contribution in [2.45, 2.75) is 12.5 Å². The Morgan fingerprint density at radius 3 is 2.48 bits per heavy atom. The van der Waals surface area contributed by atoms with Gasteiger partial charge in [0.2, 0.25) is 6.54 Å². The summed E-state index contributed by atoms with van der Waals surface area (Å²) in [6.45, 7) is 0.135. The molecule has 0 aliphatic rings. The topological polar surface area (TPSA) is 68.2 Å². The van der Waals surface area contributed by atoms with Gasteiger partial charge in [-0.3, -0.25) is 10.1 Å². The van der Waals surface area contributed by atoms with Crippen LogP contribution in [0.1, 0.15) is 22.6 Å². The van der Waals surface area contributed by atoms with E-state index >= 15 is 0 Å². The molecule has 0 radical (unpaired) electrons. The number of nitrogens with one attached hydrogen (secondary N) is 1. The Balaban J connectivity index is 1.70. The van der Waals surface area contributed by atoms with Gasteiger partial charge in [-0.05, 0) is 35.4 Å². The van der Waals surface area contributed by atoms with Gasteiger partial charge in [-0.25, -0.2) is 0 Å². The Kier molecular flexibility index (Phi) is 5.49. The molecule has 0 bridgehead atoms. The number of hydrogen-bond acceptors (Lipinski definition) is 3. The maximum absolute atomic E-state index is 11.5. The summed E-state index contributed by atoms with van der Waals surface area (Å²) in [5, 5.41) is 13.1. The Morgan fingerprint density at radius 1 is 0.966 bits per heavy atom. The lowest BCUT2D eigenvalue weighted by molar-refractivity contribution is -0.481. The minimum Gasteiger partial charge on any atom is -0.489 e. The zero-order valence-electron chi connectivity index (χ0n) is 15.5. The van der Waals surface area contributed by atoms with Crippen molar-refractivity contribution in [3.8, 4) is 5.75 Å². The minimum atomic E-state index is -0.428. The van der Waals surface area contributed by atoms with Gasteiger partial charge in [0.1, 0.15) is 12.4 Å². The van der Waals surface area contributed by atoms with Crippen molar-refractivity contribution in [2.75, 3.05) is 6.54 Å². The number of halogens is 1. The van der Waals surface area contributed by atoms with E-state index in [9.17, 15) is 10.1 Å². The van der Waals surface area contributed by atoms with Gasteiger partial charge in [0.25, 0.3) is 0 Å². The van der Waals surface area contributed by atoms with Crippen LogP contribution in [0.4, 0.5) is 0 Å². The first-order chi connectivity index (χ1) is 14.1. The highest BCUT2D eigenvalue weighted by Gasteiger charge is 2.26. The average molecular weight is 407 g/mol. The Hall–Kier alpha value is -3.31. The molecule has 0 amide bonds. The summed E-state index contributed by atoms with van der Waals surface area (Å²) in [6.07, 6.45) is 1.86. The van der Waals surface area contributed by atoms with Crippen molar-refractivity contribution in [1.29, 1.82) is 0 Å². The predicted octanol–water partition coefficient (Wildman–Crippen LogP) is 5.81. The third-order valence-electron chi connectivity index (χ3n) is 4.93. The lowest BCUT2D eigenvalue weighted by atomic mass is 9.90. The molecule has 6 heteroatoms. The number of aromatic nitrogens is 1. The van der Waals surface area contributed by atoms with Gasteiger partial charge < -0.3 is 9.72 Å². The fourth-order valence-corrected chi connectivity index (χ4v) is 3.66. The predicted molar refractivity (Wildman–Crippen MR) is 114 cm³/mol. The second-order valence-electron chi connectivity index (χ2n) is 6.81. The van der Waals surface area contributed by atoms with Crippen molar-refractivity contribution in [3.63, 3.8) is 0 Å². The van der Waals surface area contributed by atoms with E-state index < -0.39 is 5.92 Å². The van der Waals surface area contributed by atoms with E-state index in [0.29, 0.717) is 17.4 Å². The van der Waals surface area contributed by atoms with Gasteiger partial charge in [-0.15, -0.1) is 0 Å². The summed E-state index contributed by atoms with van der Waals surface area (Å²) in [5.74, 6) is 0.210. The van der Waals surface area contributed by atoms with Crippen molar-refractivity contribution < 1.29 is 9.66 Å². The second-order valence-corrected chi connectivity index (χ2v) is 7.25. The summed E-state index contributed by atoms with van der Waals surface area (Å²) in [5.41, 5.74) is 3.61. The van der Waals surface area contributed by atoms with E-state index in [1.165, 1.54) is 0 Å². The molecule has 1 N–H and O–H groups in total. The van der Waals surface area contributed by atoms with E-state index in [-0.39, 0.29) is 11.5 Å². The van der Waals surface area contributed by atoms with Crippen LogP contribution in [0.3, 0.4) is 0 Å². The van der Waals surface area contributed by atoms with Gasteiger partial charge in [-0.1, -0.05) is 60.1 Å². The van der Waals surface area contributed by atoms with Crippen molar-refractivity contribution in [1.82, 2.24) is 4.98 Å². The average Bonchev–Trinajstić information content (AvgIpc) is 3.16. The molecule has 1 atom stereocenters. The van der Waals surface area contributed by atoms with Crippen LogP contribution in [-0.4, -0.2) is 16.5 Å². The molecule has 4 rings (SSSR count). The Labute approximate surface area is 173 Å². The van der Waals surface area contributed by atoms with Crippen molar-refractivity contribution in [3.05, 3.63) is 111 Å². The molecule has 0 aliphatic heterocycles. The van der Waals surface area contributed by atoms with Crippen LogP contribution in [-0.2, 0) is 6.61 Å². The van der Waals surface area contributed by atoms with Crippen LogP contribution in [0.5, 0.6) is 5.75 Å². The van der Waals surface area contributed by atoms with Crippen LogP contribution in [0.2, 0.25) is 5.02 Å². The fourth-order valence-electron chi connectivity index (χ4n) is 3.54. The molecule has 1 heterocycles. The molecule has 0 aliphatic carbocycles. The molecule has 0 spiro atoms. The van der Waals surface area contributed by atoms with E-state index in [2.05, 4.69) is 4.98 Å². The van der Waals surface area contributed by atoms with Gasteiger partial charge in [0, 0.05) is 32.6 Å². The number of fused-ring (bicyclic) bond motifs is 1. The number of nitrogens with zero attached hydrogens (tertiary/aromatic N) is 1. The normalized spacial score (nSPS) is 12.0. The second kappa shape index (κ2) is 8.37. The van der Waals surface area contributed by atoms with Gasteiger partial charge in [0.05, 0.1) is 5.92 Å². The lowest BCUT2D eigenvalue weighted by Gasteiger charge is -2.18. The van der Waals surface area contributed by atoms with Crippen LogP contribution in [0, 0.1) is 10.1 Å². The molecule has 5 nitrogen and oxygen atoms in total. The van der Waals surface area contributed by atoms with E-state index in [4.69, 9.17) is 16.3 Å². The number of nitro groups is 1. The molecule has 0 fully saturated rings. The van der Waals surface area contributed by atoms with Crippen LogP contribution < -0.4 is 4.74 Å². The van der Waals surface area contributed by atoms with E-state index in [0.717, 1.165) is 27.6 Å². The first-order valence-corrected chi connectivity index (χ1v) is 9.63. The highest BCUT2D eigenvalue weighted by Crippen LogP contribution is 2.36. The minimum absolute atomic E-state index is 0.219. The van der Waals surface area contributed by atoms with Crippen LogP contribution >= 0.6 is 11.6 Å². The Bertz CT molecular complexity index is 1140. The SMILES string of the molecule is O=[N+]([O-])C[C@@H](c1ccccc1OCc1ccc(Cl)cc1)c1c[nH]c2ccccc12. The molecule has 1 aromatic heterocycles. The molecule has 0 saturated heterocycles. The summed E-state index contributed by atoms with van der Waals surface area (Å²) < 4.78 is 6.06. The molecule has 146 valence electrons. The molecule has 29 heavy (non-hydrogen) atoms. The van der Waals surface area contributed by atoms with Crippen molar-refractivity contribution in [2.24, 2.45) is 0 Å². The van der Waals surface area contributed by atoms with Gasteiger partial charge in [0.15, 0.2) is 0 Å². The smallest absolute Gasteiger partial charge is 0.214 e. The standard InChI is InChI=1S/C23H19ClN2O3/c24-17-11-9-16(10-12-17)15-29-23-8-4-2-6-19(23)21(14-26(27)28)20-13-25-22-7-3-1-5-18(20)22/h1-13,21,25H,14-15H2/t21-/m0/s1. The molecule has 0 saturated carbocycles. The molecular formula is C23H19ClN2O3. The number of rotatable bonds is 7. The van der Waals surface area contributed by atoms with E-state index in [1.54, 1.807) is 0 Å². The zero-order chi connectivity index (χ0) is 20.2. The highest BCUT2D eigenvalue weighted by atomic mass is 35.5. The molecular weight excluding hydrogens is 388 g/mol. The highest BCUT2D eigenvalue weighted by molar-refractivity contribution is 6.30. The first-order valence-electron chi connectivity index (χ1n) is 9.26. The Morgan fingerprint density at radius 2 is 1.69 bits per heavy atom. The summed E-state index contributed by atoms with van der Waals surface area (Å²) in [7, 11) is 0. The summed E-state index contributed by atoms with van der Waals surface area (Å²) in [4.78, 5) is 14.4. The third-order valence-corrected chi connectivity index (χ3v) is 5.18. The number of ether oxygens (including phenoxy) is 1. The molecule has 0 unspecified atom stereocenters. The number of hydrogen-bond donors (Lipinski definition) is 1. The van der Waals surface area contributed by atoms with Gasteiger partial charge in [-0.2, -0.15) is 0 Å². The maximum atomic E-state index is 11.5. The van der Waals surface area contributed by atoms with Crippen molar-refractivity contribution >= 4 is 22.5 Å². The van der Waals surface area contributed by atoms with Crippen LogP contribution in [0.15, 0.2) is 79.0 Å².